The number of hydrogen-bond donors (Lipinski definition) is 3. The van der Waals surface area contributed by atoms with Crippen LogP contribution in [0, 0.1) is 6.85 Å². The molecule has 0 spiro atoms. The van der Waals surface area contributed by atoms with Gasteiger partial charge in [0.25, 0.3) is 5.56 Å². The quantitative estimate of drug-likeness (QED) is 0.592. The predicted octanol–water partition coefficient (Wildman–Crippen LogP) is -1.51. The van der Waals surface area contributed by atoms with E-state index in [-0.39, 0.29) is 4.57 Å². The van der Waals surface area contributed by atoms with Gasteiger partial charge in [0.05, 0.1) is 18.1 Å². The minimum atomic E-state index is -3.42. The molecule has 94 valence electrons. The average Bonchev–Trinajstić information content (AvgIpc) is 2.55. The van der Waals surface area contributed by atoms with Crippen LogP contribution in [-0.4, -0.2) is 38.5 Å². The molecule has 1 aliphatic rings. The van der Waals surface area contributed by atoms with Crippen molar-refractivity contribution >= 4 is 0 Å². The molecule has 0 aliphatic carbocycles. The van der Waals surface area contributed by atoms with E-state index in [2.05, 4.69) is 0 Å². The molecule has 0 aromatic carbocycles. The molecular weight excluding hydrogens is 228 g/mol. The Balaban J connectivity index is 2.77. The lowest BCUT2D eigenvalue weighted by molar-refractivity contribution is -0.0459. The molecule has 3 N–H and O–H groups in total. The van der Waals surface area contributed by atoms with E-state index in [0.717, 1.165) is 0 Å². The van der Waals surface area contributed by atoms with Crippen molar-refractivity contribution in [1.29, 1.82) is 0 Å². The second-order valence-corrected chi connectivity index (χ2v) is 3.14. The topological polar surface area (TPSA) is 105 Å². The van der Waals surface area contributed by atoms with Crippen molar-refractivity contribution in [3.05, 3.63) is 32.6 Å². The second-order valence-electron chi connectivity index (χ2n) is 3.14. The van der Waals surface area contributed by atoms with E-state index in [0.29, 0.717) is 0 Å². The lowest BCUT2D eigenvalue weighted by Gasteiger charge is -2.14. The van der Waals surface area contributed by atoms with Crippen LogP contribution in [0.4, 0.5) is 0 Å². The number of nitrogens with zero attached hydrogens (tertiary/aromatic N) is 1. The number of aromatic nitrogens is 2. The van der Waals surface area contributed by atoms with Gasteiger partial charge in [-0.1, -0.05) is 0 Å². The Morgan fingerprint density at radius 2 is 2.71 bits per heavy atom. The van der Waals surface area contributed by atoms with E-state index in [1.807, 2.05) is 0 Å². The highest BCUT2D eigenvalue weighted by molar-refractivity contribution is 5.02. The maximum absolute atomic E-state index is 12.0. The standard InChI is InChI=1S/C10H14N2O5/c1-5-3-12(10(16)11-9(5)15)8-2-6(14)7(4-13)17-8/h3,6-8,13-14H,2,4H2,1H3,(H,11,15,16)/t6-,7+,8+/m0/s1/i1D3,2D2,3D,4D2,6D. The number of H-pyrrole nitrogens is 1. The van der Waals surface area contributed by atoms with Crippen molar-refractivity contribution in [2.45, 2.75) is 31.6 Å². The third-order valence-electron chi connectivity index (χ3n) is 2.04. The lowest BCUT2D eigenvalue weighted by atomic mass is 10.2. The molecule has 1 aromatic rings. The van der Waals surface area contributed by atoms with Crippen molar-refractivity contribution in [1.82, 2.24) is 9.55 Å². The summed E-state index contributed by atoms with van der Waals surface area (Å²) >= 11 is 0. The largest absolute Gasteiger partial charge is 0.394 e. The third-order valence-corrected chi connectivity index (χ3v) is 2.04. The van der Waals surface area contributed by atoms with Crippen LogP contribution in [0.1, 0.15) is 30.5 Å². The first-order chi connectivity index (χ1) is 11.4. The number of rotatable bonds is 2. The van der Waals surface area contributed by atoms with Crippen LogP contribution in [0.25, 0.3) is 0 Å². The fourth-order valence-electron chi connectivity index (χ4n) is 1.25. The molecule has 1 aromatic heterocycles. The number of ether oxygens (including phenoxy) is 1. The summed E-state index contributed by atoms with van der Waals surface area (Å²) in [6.07, 6.45) is -12.8. The molecule has 0 unspecified atom stereocenters. The van der Waals surface area contributed by atoms with Gasteiger partial charge in [-0.2, -0.15) is 0 Å². The Kier molecular flexibility index (Phi) is 1.32. The van der Waals surface area contributed by atoms with Crippen LogP contribution in [0.2, 0.25) is 0 Å². The normalized spacial score (nSPS) is 45.2. The average molecular weight is 251 g/mol. The molecule has 0 radical (unpaired) electrons. The van der Waals surface area contributed by atoms with Gasteiger partial charge in [-0.3, -0.25) is 14.3 Å². The van der Waals surface area contributed by atoms with Crippen LogP contribution < -0.4 is 11.2 Å². The molecule has 1 aliphatic heterocycles. The molecule has 2 heterocycles. The summed E-state index contributed by atoms with van der Waals surface area (Å²) in [5.41, 5.74) is -4.05. The zero-order valence-corrected chi connectivity index (χ0v) is 8.22. The van der Waals surface area contributed by atoms with E-state index in [1.165, 1.54) is 0 Å². The highest BCUT2D eigenvalue weighted by atomic mass is 16.5. The minimum Gasteiger partial charge on any atom is -0.394 e. The van der Waals surface area contributed by atoms with Gasteiger partial charge < -0.3 is 14.9 Å². The first-order valence-corrected chi connectivity index (χ1v) is 4.40. The number of nitrogens with one attached hydrogen (secondary N) is 1. The van der Waals surface area contributed by atoms with Crippen molar-refractivity contribution in [2.24, 2.45) is 0 Å². The third kappa shape index (κ3) is 2.17. The van der Waals surface area contributed by atoms with Crippen LogP contribution in [0.5, 0.6) is 0 Å². The summed E-state index contributed by atoms with van der Waals surface area (Å²) in [6, 6.07) is 0. The maximum atomic E-state index is 12.0. The van der Waals surface area contributed by atoms with Crippen LogP contribution in [0.15, 0.2) is 15.8 Å². The van der Waals surface area contributed by atoms with E-state index in [9.17, 15) is 19.8 Å². The molecule has 2 rings (SSSR count). The van der Waals surface area contributed by atoms with Crippen molar-refractivity contribution in [3.8, 4) is 0 Å². The van der Waals surface area contributed by atoms with Gasteiger partial charge in [0, 0.05) is 25.0 Å². The van der Waals surface area contributed by atoms with E-state index >= 15 is 0 Å². The molecule has 1 saturated heterocycles. The lowest BCUT2D eigenvalue weighted by Crippen LogP contribution is -2.33. The molecule has 7 heteroatoms. The Labute approximate surface area is 109 Å². The molecule has 0 saturated carbocycles. The van der Waals surface area contributed by atoms with Crippen LogP contribution >= 0.6 is 0 Å². The molecule has 17 heavy (non-hydrogen) atoms. The van der Waals surface area contributed by atoms with Gasteiger partial charge in [0.1, 0.15) is 12.3 Å². The smallest absolute Gasteiger partial charge is 0.330 e. The maximum Gasteiger partial charge on any atom is 0.330 e. The van der Waals surface area contributed by atoms with Gasteiger partial charge in [0.2, 0.25) is 0 Å². The minimum absolute atomic E-state index is 0.0361. The molecule has 1 fully saturated rings. The van der Waals surface area contributed by atoms with Crippen molar-refractivity contribution < 1.29 is 27.3 Å². The highest BCUT2D eigenvalue weighted by Crippen LogP contribution is 2.27. The van der Waals surface area contributed by atoms with E-state index < -0.39 is 61.2 Å². The summed E-state index contributed by atoms with van der Waals surface area (Å²) in [4.78, 5) is 25.3. The fraction of sp³-hybridized carbons (Fsp3) is 0.600. The number of hydrogen-bond acceptors (Lipinski definition) is 5. The first-order valence-electron chi connectivity index (χ1n) is 8.90. The monoisotopic (exact) mass is 251 g/mol. The van der Waals surface area contributed by atoms with E-state index in [1.54, 1.807) is 4.98 Å². The van der Waals surface area contributed by atoms with Crippen LogP contribution in [0.3, 0.4) is 0 Å². The highest BCUT2D eigenvalue weighted by Gasteiger charge is 2.34. The number of aromatic amines is 1. The summed E-state index contributed by atoms with van der Waals surface area (Å²) in [5.74, 6) is 0. The Bertz CT molecular complexity index is 837. The predicted molar refractivity (Wildman–Crippen MR) is 57.7 cm³/mol. The Morgan fingerprint density at radius 1 is 1.94 bits per heavy atom. The van der Waals surface area contributed by atoms with Gasteiger partial charge in [-0.15, -0.1) is 0 Å². The summed E-state index contributed by atoms with van der Waals surface area (Å²) in [5, 5.41) is 19.4. The summed E-state index contributed by atoms with van der Waals surface area (Å²) in [7, 11) is 0. The summed E-state index contributed by atoms with van der Waals surface area (Å²) in [6.45, 7) is -6.58. The molecular formula is C10H14N2O5. The van der Waals surface area contributed by atoms with Crippen LogP contribution in [-0.2, 0) is 4.74 Å². The van der Waals surface area contributed by atoms with Gasteiger partial charge >= 0.3 is 5.69 Å². The summed E-state index contributed by atoms with van der Waals surface area (Å²) < 4.78 is 72.1. The zero-order chi connectivity index (χ0) is 20.5. The van der Waals surface area contributed by atoms with E-state index in [4.69, 9.17) is 17.1 Å². The molecule has 7 nitrogen and oxygen atoms in total. The van der Waals surface area contributed by atoms with Gasteiger partial charge in [-0.25, -0.2) is 4.79 Å². The van der Waals surface area contributed by atoms with Crippen molar-refractivity contribution in [2.75, 3.05) is 6.56 Å². The first kappa shape index (κ1) is 5.05. The SMILES string of the molecule is [2H]c1c(C([2H])([2H])[2H])c(=O)[nH]c(=O)n1[C@@H]1O[C@H](C([2H])([2H])O)[C@@]([2H])(O)C1([2H])[2H]. The van der Waals surface area contributed by atoms with Crippen molar-refractivity contribution in [3.63, 3.8) is 0 Å². The fourth-order valence-corrected chi connectivity index (χ4v) is 1.25. The molecule has 3 atom stereocenters. The Morgan fingerprint density at radius 3 is 3.29 bits per heavy atom. The molecule has 0 bridgehead atoms. The molecule has 0 amide bonds. The van der Waals surface area contributed by atoms with Gasteiger partial charge in [0.15, 0.2) is 0 Å². The second kappa shape index (κ2) is 4.44. The Hall–Kier alpha value is -1.44. The van der Waals surface area contributed by atoms with Gasteiger partial charge in [-0.05, 0) is 6.85 Å². The number of aliphatic hydroxyl groups is 2. The zero-order valence-electron chi connectivity index (χ0n) is 17.2.